The van der Waals surface area contributed by atoms with Crippen molar-refractivity contribution >= 4 is 64.8 Å². The van der Waals surface area contributed by atoms with Crippen molar-refractivity contribution in [2.24, 2.45) is 10.8 Å². The summed E-state index contributed by atoms with van der Waals surface area (Å²) in [6.07, 6.45) is -33.3. The molecule has 0 amide bonds. The van der Waals surface area contributed by atoms with Gasteiger partial charge in [0.15, 0.2) is 0 Å². The maximum atomic E-state index is 15.6. The lowest BCUT2D eigenvalue weighted by Crippen LogP contribution is -2.54. The molecule has 0 saturated heterocycles. The molecule has 0 aromatic carbocycles. The largest absolute Gasteiger partial charge is 0.500 e. The van der Waals surface area contributed by atoms with Gasteiger partial charge in [-0.1, -0.05) is 0 Å². The minimum atomic E-state index is -5.59. The molecule has 2 unspecified atom stereocenters. The highest BCUT2D eigenvalue weighted by Crippen LogP contribution is 2.47. The van der Waals surface area contributed by atoms with E-state index in [1.807, 2.05) is 0 Å². The fourth-order valence-electron chi connectivity index (χ4n) is 12.8. The molecule has 0 bridgehead atoms. The zero-order valence-corrected chi connectivity index (χ0v) is 74.6. The SMILES string of the molecule is CO[Si](CCCC(CCC[Si](OC)(OC)OC)(CCC[Si](OC)(OC)OC)C(=O)OCCC(F)(F)COCC(F)(F)OC(F)(F)CC(F)(F)COC1CCC1(F)OCC(F)(F)CC(F)(F)OC(F)(F)COCC(F)(F)CCOC(=O)C(CCC[Si](OC)(OC)OC)(CCC[Si](OC)(OC)OC)CCC[Si](OC)(OC)OC)(OC)OC. The number of esters is 2. The van der Waals surface area contributed by atoms with Crippen molar-refractivity contribution in [1.82, 2.24) is 0 Å². The molecule has 0 N–H and O–H groups in total. The quantitative estimate of drug-likeness (QED) is 0.0311. The average Bonchev–Trinajstić information content (AvgIpc) is 0.770. The molecule has 1 fully saturated rings. The lowest BCUT2D eigenvalue weighted by atomic mass is 9.75. The van der Waals surface area contributed by atoms with Crippen LogP contribution in [-0.2, 0) is 127 Å². The van der Waals surface area contributed by atoms with Gasteiger partial charge in [-0.2, -0.15) is 35.1 Å². The van der Waals surface area contributed by atoms with Crippen LogP contribution < -0.4 is 0 Å². The van der Waals surface area contributed by atoms with E-state index in [0.29, 0.717) is 0 Å². The molecule has 686 valence electrons. The van der Waals surface area contributed by atoms with E-state index < -0.39 is 227 Å². The van der Waals surface area contributed by atoms with Crippen molar-refractivity contribution in [1.29, 1.82) is 0 Å². The summed E-state index contributed by atoms with van der Waals surface area (Å²) in [5, 5.41) is 0. The Morgan fingerprint density at radius 2 is 0.548 bits per heavy atom. The van der Waals surface area contributed by atoms with Gasteiger partial charge in [0.05, 0.1) is 24.0 Å². The zero-order chi connectivity index (χ0) is 88.2. The van der Waals surface area contributed by atoms with E-state index in [9.17, 15) is 62.3 Å². The van der Waals surface area contributed by atoms with Gasteiger partial charge >= 0.3 is 89.2 Å². The van der Waals surface area contributed by atoms with Crippen LogP contribution in [0.1, 0.15) is 116 Å². The number of hydrogen-bond donors (Lipinski definition) is 0. The van der Waals surface area contributed by atoms with Crippen LogP contribution in [0.25, 0.3) is 0 Å². The normalized spacial score (nSPS) is 16.7. The van der Waals surface area contributed by atoms with Gasteiger partial charge in [-0.25, -0.2) is 39.5 Å². The maximum Gasteiger partial charge on any atom is 0.500 e. The molecule has 0 heterocycles. The highest BCUT2D eigenvalue weighted by atomic mass is 28.4. The predicted molar refractivity (Wildman–Crippen MR) is 382 cm³/mol. The number of carbonyl (C=O) groups excluding carboxylic acids is 2. The molecule has 0 aromatic heterocycles. The molecule has 0 spiro atoms. The number of halogens is 17. The van der Waals surface area contributed by atoms with Gasteiger partial charge in [0.2, 0.25) is 5.85 Å². The highest BCUT2D eigenvalue weighted by Gasteiger charge is 2.58. The number of ether oxygens (including phenoxy) is 8. The fourth-order valence-corrected chi connectivity index (χ4v) is 23.1. The zero-order valence-electron chi connectivity index (χ0n) is 68.6. The summed E-state index contributed by atoms with van der Waals surface area (Å²) in [6.45, 7) is -15.6. The molecule has 0 radical (unpaired) electrons. The molecule has 1 aliphatic rings. The molecule has 0 aromatic rings. The maximum absolute atomic E-state index is 15.6. The van der Waals surface area contributed by atoms with E-state index >= 15 is 22.0 Å². The average molecular weight is 1830 g/mol. The lowest BCUT2D eigenvalue weighted by molar-refractivity contribution is -0.401. The molecule has 28 nitrogen and oxygen atoms in total. The molecule has 2 atom stereocenters. The third kappa shape index (κ3) is 37.2. The Morgan fingerprint density at radius 1 is 0.313 bits per heavy atom. The van der Waals surface area contributed by atoms with Crippen LogP contribution in [0.4, 0.5) is 74.6 Å². The minimum absolute atomic E-state index is 0.0294. The molecule has 1 rings (SSSR count). The minimum Gasteiger partial charge on any atom is -0.465 e. The first kappa shape index (κ1) is 111. The summed E-state index contributed by atoms with van der Waals surface area (Å²) in [5.74, 6) is -23.8. The fraction of sp³-hybridized carbons (Fsp3) is 0.969. The van der Waals surface area contributed by atoms with Crippen LogP contribution in [0.3, 0.4) is 0 Å². The first-order valence-corrected chi connectivity index (χ1v) is 47.7. The van der Waals surface area contributed by atoms with Crippen molar-refractivity contribution in [3.05, 3.63) is 0 Å². The van der Waals surface area contributed by atoms with Gasteiger partial charge in [0.25, 0.3) is 23.7 Å². The predicted octanol–water partition coefficient (Wildman–Crippen LogP) is 13.4. The van der Waals surface area contributed by atoms with Crippen molar-refractivity contribution in [2.45, 2.75) is 212 Å². The highest BCUT2D eigenvalue weighted by molar-refractivity contribution is 6.62. The lowest BCUT2D eigenvalue weighted by Gasteiger charge is -2.43. The van der Waals surface area contributed by atoms with E-state index in [4.69, 9.17) is 89.1 Å². The summed E-state index contributed by atoms with van der Waals surface area (Å²) < 4.78 is 389. The van der Waals surface area contributed by atoms with Gasteiger partial charge in [-0.3, -0.25) is 19.1 Å². The van der Waals surface area contributed by atoms with Crippen molar-refractivity contribution in [3.63, 3.8) is 0 Å². The van der Waals surface area contributed by atoms with Gasteiger partial charge in [0, 0.05) is 184 Å². The molecular weight excluding hydrogens is 1710 g/mol. The monoisotopic (exact) mass is 1830 g/mol. The second-order valence-electron chi connectivity index (χ2n) is 27.2. The standard InChI is InChI=1S/C64H119F17O28Si6/c1-84-110(85-2,86-3)37-19-26-54(27-20-38-111(87-4,88-5)89-6,28-21-39-112(90-7,91-8)92-9)52(82)104-35-33-56(65,66)45-102-49-63(78,79)108-61(74,75)43-58(69,70)47-106-51-25-32-60(51,73)107-48-59(71,72)44-62(76,77)109-64(80,81)50-103-46-57(67,68)34-36-105-53(83)55(29-22-40-113(93-10,94-11)95-12,30-23-41-114(96-13,97-14)98-15)31-24-42-115(99-16,100-17)101-18/h51H,19-50H2,1-18H3. The summed E-state index contributed by atoms with van der Waals surface area (Å²) in [7, 11) is 4.98. The van der Waals surface area contributed by atoms with Gasteiger partial charge in [0.1, 0.15) is 58.6 Å². The Bertz CT molecular complexity index is 2530. The molecule has 51 heteroatoms. The first-order valence-electron chi connectivity index (χ1n) is 36.2. The summed E-state index contributed by atoms with van der Waals surface area (Å²) in [6, 6.07) is 1.03. The van der Waals surface area contributed by atoms with Crippen LogP contribution in [0.15, 0.2) is 0 Å². The molecule has 0 aliphatic heterocycles. The Labute approximate surface area is 667 Å². The molecule has 1 aliphatic carbocycles. The van der Waals surface area contributed by atoms with Crippen LogP contribution in [0, 0.1) is 10.8 Å². The third-order valence-corrected chi connectivity index (χ3v) is 36.6. The smallest absolute Gasteiger partial charge is 0.465 e. The second-order valence-corrected chi connectivity index (χ2v) is 45.7. The van der Waals surface area contributed by atoms with Crippen molar-refractivity contribution in [2.75, 3.05) is 181 Å². The van der Waals surface area contributed by atoms with Crippen LogP contribution in [0.2, 0.25) is 36.3 Å². The van der Waals surface area contributed by atoms with Crippen LogP contribution >= 0.6 is 0 Å². The van der Waals surface area contributed by atoms with E-state index in [0.717, 1.165) is 0 Å². The van der Waals surface area contributed by atoms with E-state index in [1.165, 1.54) is 128 Å². The number of rotatable bonds is 72. The Balaban J connectivity index is 3.06. The Hall–Kier alpha value is -1.91. The van der Waals surface area contributed by atoms with Gasteiger partial charge in [-0.05, 0) is 83.5 Å². The van der Waals surface area contributed by atoms with Crippen molar-refractivity contribution < 1.29 is 202 Å². The summed E-state index contributed by atoms with van der Waals surface area (Å²) in [4.78, 5) is 28.7. The van der Waals surface area contributed by atoms with Gasteiger partial charge in [-0.15, -0.1) is 0 Å². The first-order chi connectivity index (χ1) is 53.4. The van der Waals surface area contributed by atoms with Crippen molar-refractivity contribution in [3.8, 4) is 0 Å². The van der Waals surface area contributed by atoms with E-state index in [2.05, 4.69) is 28.4 Å². The molecular formula is C64H119F17O28Si6. The topological polar surface area (TPSA) is 274 Å². The third-order valence-electron chi connectivity index (χ3n) is 19.6. The van der Waals surface area contributed by atoms with Gasteiger partial charge < -0.3 is 108 Å². The summed E-state index contributed by atoms with van der Waals surface area (Å²) >= 11 is 0. The van der Waals surface area contributed by atoms with E-state index in [1.54, 1.807) is 0 Å². The molecule has 1 saturated carbocycles. The Morgan fingerprint density at radius 3 is 0.765 bits per heavy atom. The molecule has 115 heavy (non-hydrogen) atoms. The van der Waals surface area contributed by atoms with Crippen LogP contribution in [0.5, 0.6) is 0 Å². The number of alkyl halides is 17. The van der Waals surface area contributed by atoms with E-state index in [-0.39, 0.29) is 113 Å². The number of carbonyl (C=O) groups is 2. The number of hydrogen-bond acceptors (Lipinski definition) is 28. The van der Waals surface area contributed by atoms with Crippen LogP contribution in [-0.4, -0.2) is 306 Å². The summed E-state index contributed by atoms with van der Waals surface area (Å²) in [5.41, 5.74) is -2.94. The second kappa shape index (κ2) is 49.5. The Kier molecular flexibility index (Phi) is 47.9.